The molecule has 24 heavy (non-hydrogen) atoms. The highest BCUT2D eigenvalue weighted by atomic mass is 15.1. The first kappa shape index (κ1) is 16.0. The van der Waals surface area contributed by atoms with Gasteiger partial charge in [-0.2, -0.15) is 0 Å². The molecule has 0 saturated carbocycles. The standard InChI is InChI=1S/C20H22N4/c1-20(2,3)15-7-5-9-17(13-15)23-19-22-11-10-18(24-19)14-6-4-8-16(21)12-14/h4-13H,21H2,1-3H3,(H,22,23,24). The molecule has 0 aliphatic carbocycles. The van der Waals surface area contributed by atoms with Crippen LogP contribution in [-0.4, -0.2) is 9.97 Å². The third kappa shape index (κ3) is 3.71. The fraction of sp³-hybridized carbons (Fsp3) is 0.200. The molecule has 1 heterocycles. The summed E-state index contributed by atoms with van der Waals surface area (Å²) in [4.78, 5) is 8.91. The molecule has 3 N–H and O–H groups in total. The van der Waals surface area contributed by atoms with Gasteiger partial charge in [-0.05, 0) is 41.3 Å². The lowest BCUT2D eigenvalue weighted by Crippen LogP contribution is -2.11. The summed E-state index contributed by atoms with van der Waals surface area (Å²) in [7, 11) is 0. The van der Waals surface area contributed by atoms with Crippen LogP contribution in [0.15, 0.2) is 60.8 Å². The summed E-state index contributed by atoms with van der Waals surface area (Å²) in [5.41, 5.74) is 10.7. The van der Waals surface area contributed by atoms with Crippen LogP contribution in [0.2, 0.25) is 0 Å². The van der Waals surface area contributed by atoms with Crippen molar-refractivity contribution < 1.29 is 0 Å². The van der Waals surface area contributed by atoms with Crippen molar-refractivity contribution in [1.82, 2.24) is 9.97 Å². The van der Waals surface area contributed by atoms with Crippen molar-refractivity contribution in [3.63, 3.8) is 0 Å². The zero-order chi connectivity index (χ0) is 17.2. The molecular formula is C20H22N4. The first-order valence-corrected chi connectivity index (χ1v) is 7.98. The lowest BCUT2D eigenvalue weighted by molar-refractivity contribution is 0.590. The van der Waals surface area contributed by atoms with E-state index < -0.39 is 0 Å². The predicted molar refractivity (Wildman–Crippen MR) is 100 cm³/mol. The van der Waals surface area contributed by atoms with E-state index in [1.807, 2.05) is 42.5 Å². The van der Waals surface area contributed by atoms with Crippen molar-refractivity contribution in [1.29, 1.82) is 0 Å². The van der Waals surface area contributed by atoms with Crippen LogP contribution in [0.5, 0.6) is 0 Å². The van der Waals surface area contributed by atoms with Gasteiger partial charge >= 0.3 is 0 Å². The number of rotatable bonds is 3. The van der Waals surface area contributed by atoms with Crippen molar-refractivity contribution in [2.24, 2.45) is 0 Å². The number of nitrogens with one attached hydrogen (secondary N) is 1. The zero-order valence-electron chi connectivity index (χ0n) is 14.2. The van der Waals surface area contributed by atoms with Gasteiger partial charge in [-0.1, -0.05) is 45.0 Å². The van der Waals surface area contributed by atoms with Crippen LogP contribution in [0, 0.1) is 0 Å². The topological polar surface area (TPSA) is 63.8 Å². The molecule has 0 amide bonds. The molecule has 122 valence electrons. The molecule has 0 atom stereocenters. The van der Waals surface area contributed by atoms with E-state index in [0.29, 0.717) is 5.95 Å². The smallest absolute Gasteiger partial charge is 0.227 e. The lowest BCUT2D eigenvalue weighted by atomic mass is 9.87. The zero-order valence-corrected chi connectivity index (χ0v) is 14.2. The Hall–Kier alpha value is -2.88. The molecule has 3 aromatic rings. The second-order valence-electron chi connectivity index (χ2n) is 6.85. The quantitative estimate of drug-likeness (QED) is 0.683. The van der Waals surface area contributed by atoms with Gasteiger partial charge in [-0.3, -0.25) is 0 Å². The average Bonchev–Trinajstić information content (AvgIpc) is 2.55. The van der Waals surface area contributed by atoms with Crippen LogP contribution in [0.1, 0.15) is 26.3 Å². The largest absolute Gasteiger partial charge is 0.399 e. The normalized spacial score (nSPS) is 11.3. The Bertz CT molecular complexity index is 850. The maximum atomic E-state index is 5.86. The highest BCUT2D eigenvalue weighted by molar-refractivity contribution is 5.65. The minimum Gasteiger partial charge on any atom is -0.399 e. The van der Waals surface area contributed by atoms with E-state index in [4.69, 9.17) is 5.73 Å². The van der Waals surface area contributed by atoms with E-state index in [2.05, 4.69) is 48.2 Å². The summed E-state index contributed by atoms with van der Waals surface area (Å²) in [6, 6.07) is 17.9. The number of benzene rings is 2. The fourth-order valence-corrected chi connectivity index (χ4v) is 2.47. The molecule has 1 aromatic heterocycles. The van der Waals surface area contributed by atoms with Gasteiger partial charge in [0.05, 0.1) is 5.69 Å². The van der Waals surface area contributed by atoms with E-state index in [9.17, 15) is 0 Å². The molecule has 0 aliphatic rings. The number of anilines is 3. The van der Waals surface area contributed by atoms with Crippen molar-refractivity contribution >= 4 is 17.3 Å². The Balaban J connectivity index is 1.88. The molecule has 4 heteroatoms. The molecular weight excluding hydrogens is 296 g/mol. The molecule has 3 rings (SSSR count). The van der Waals surface area contributed by atoms with E-state index >= 15 is 0 Å². The Morgan fingerprint density at radius 3 is 2.50 bits per heavy atom. The second-order valence-corrected chi connectivity index (χ2v) is 6.85. The van der Waals surface area contributed by atoms with E-state index in [1.165, 1.54) is 5.56 Å². The molecule has 0 saturated heterocycles. The van der Waals surface area contributed by atoms with Crippen LogP contribution in [0.25, 0.3) is 11.3 Å². The number of aromatic nitrogens is 2. The van der Waals surface area contributed by atoms with Crippen LogP contribution in [0.4, 0.5) is 17.3 Å². The Morgan fingerprint density at radius 2 is 1.75 bits per heavy atom. The van der Waals surface area contributed by atoms with E-state index in [0.717, 1.165) is 22.6 Å². The minimum absolute atomic E-state index is 0.0992. The number of nitrogens with zero attached hydrogens (tertiary/aromatic N) is 2. The fourth-order valence-electron chi connectivity index (χ4n) is 2.47. The van der Waals surface area contributed by atoms with Gasteiger partial charge in [0.15, 0.2) is 0 Å². The van der Waals surface area contributed by atoms with Crippen LogP contribution < -0.4 is 11.1 Å². The first-order chi connectivity index (χ1) is 11.4. The SMILES string of the molecule is CC(C)(C)c1cccc(Nc2nccc(-c3cccc(N)c3)n2)c1. The molecule has 0 fully saturated rings. The summed E-state index contributed by atoms with van der Waals surface area (Å²) in [5.74, 6) is 0.570. The van der Waals surface area contributed by atoms with Crippen molar-refractivity contribution in [3.05, 3.63) is 66.4 Å². The molecule has 0 radical (unpaired) electrons. The van der Waals surface area contributed by atoms with Crippen LogP contribution in [-0.2, 0) is 5.41 Å². The molecule has 0 aliphatic heterocycles. The molecule has 0 bridgehead atoms. The Morgan fingerprint density at radius 1 is 0.958 bits per heavy atom. The number of nitrogens with two attached hydrogens (primary N) is 1. The van der Waals surface area contributed by atoms with Crippen molar-refractivity contribution in [2.45, 2.75) is 26.2 Å². The van der Waals surface area contributed by atoms with Gasteiger partial charge in [0.2, 0.25) is 5.95 Å². The molecule has 0 spiro atoms. The van der Waals surface area contributed by atoms with Gasteiger partial charge < -0.3 is 11.1 Å². The first-order valence-electron chi connectivity index (χ1n) is 7.98. The number of hydrogen-bond donors (Lipinski definition) is 2. The molecule has 0 unspecified atom stereocenters. The average molecular weight is 318 g/mol. The Kier molecular flexibility index (Phi) is 4.21. The lowest BCUT2D eigenvalue weighted by Gasteiger charge is -2.19. The summed E-state index contributed by atoms with van der Waals surface area (Å²) in [6.45, 7) is 6.59. The highest BCUT2D eigenvalue weighted by Gasteiger charge is 2.13. The molecule has 4 nitrogen and oxygen atoms in total. The summed E-state index contributed by atoms with van der Waals surface area (Å²) in [5, 5.41) is 3.29. The minimum atomic E-state index is 0.0992. The number of nitrogen functional groups attached to an aromatic ring is 1. The second kappa shape index (κ2) is 6.32. The van der Waals surface area contributed by atoms with Crippen LogP contribution in [0.3, 0.4) is 0 Å². The van der Waals surface area contributed by atoms with Gasteiger partial charge in [-0.25, -0.2) is 9.97 Å². The van der Waals surface area contributed by atoms with Gasteiger partial charge in [-0.15, -0.1) is 0 Å². The monoisotopic (exact) mass is 318 g/mol. The van der Waals surface area contributed by atoms with E-state index in [1.54, 1.807) is 6.20 Å². The maximum Gasteiger partial charge on any atom is 0.227 e. The predicted octanol–water partition coefficient (Wildman–Crippen LogP) is 4.77. The third-order valence-electron chi connectivity index (χ3n) is 3.82. The van der Waals surface area contributed by atoms with Gasteiger partial charge in [0.1, 0.15) is 0 Å². The van der Waals surface area contributed by atoms with Crippen molar-refractivity contribution in [2.75, 3.05) is 11.1 Å². The van der Waals surface area contributed by atoms with Crippen molar-refractivity contribution in [3.8, 4) is 11.3 Å². The highest BCUT2D eigenvalue weighted by Crippen LogP contribution is 2.26. The maximum absolute atomic E-state index is 5.86. The van der Waals surface area contributed by atoms with Crippen LogP contribution >= 0.6 is 0 Å². The third-order valence-corrected chi connectivity index (χ3v) is 3.82. The summed E-state index contributed by atoms with van der Waals surface area (Å²) >= 11 is 0. The van der Waals surface area contributed by atoms with Gasteiger partial charge in [0.25, 0.3) is 0 Å². The molecule has 2 aromatic carbocycles. The summed E-state index contributed by atoms with van der Waals surface area (Å²) < 4.78 is 0. The van der Waals surface area contributed by atoms with E-state index in [-0.39, 0.29) is 5.41 Å². The number of hydrogen-bond acceptors (Lipinski definition) is 4. The van der Waals surface area contributed by atoms with Gasteiger partial charge in [0, 0.05) is 23.1 Å². The summed E-state index contributed by atoms with van der Waals surface area (Å²) in [6.07, 6.45) is 1.75. The Labute approximate surface area is 142 Å².